The number of alkyl halides is 3. The molecule has 0 fully saturated rings. The maximum atomic E-state index is 12.6. The first-order valence-corrected chi connectivity index (χ1v) is 5.39. The van der Waals surface area contributed by atoms with E-state index in [-0.39, 0.29) is 11.1 Å². The van der Waals surface area contributed by atoms with Gasteiger partial charge in [0, 0.05) is 0 Å². The molecule has 0 aliphatic heterocycles. The third kappa shape index (κ3) is 2.76. The van der Waals surface area contributed by atoms with E-state index >= 15 is 0 Å². The van der Waals surface area contributed by atoms with E-state index in [4.69, 9.17) is 5.11 Å². The molecule has 0 atom stereocenters. The molecule has 0 aromatic heterocycles. The molecule has 0 aliphatic rings. The highest BCUT2D eigenvalue weighted by atomic mass is 19.4. The summed E-state index contributed by atoms with van der Waals surface area (Å²) in [5, 5.41) is 9.05. The van der Waals surface area contributed by atoms with Crippen LogP contribution < -0.4 is 0 Å². The molecule has 2 rings (SSSR count). The molecule has 1 N–H and O–H groups in total. The molecule has 2 aromatic carbocycles. The molecule has 0 heterocycles. The molecule has 19 heavy (non-hydrogen) atoms. The molecule has 5 heteroatoms. The van der Waals surface area contributed by atoms with Gasteiger partial charge >= 0.3 is 12.1 Å². The van der Waals surface area contributed by atoms with Gasteiger partial charge in [0.05, 0.1) is 11.1 Å². The van der Waals surface area contributed by atoms with Crippen molar-refractivity contribution in [3.8, 4) is 11.1 Å². The largest absolute Gasteiger partial charge is 0.478 e. The zero-order valence-corrected chi connectivity index (χ0v) is 9.61. The Morgan fingerprint density at radius 1 is 1.00 bits per heavy atom. The number of aromatic carboxylic acids is 1. The predicted octanol–water partition coefficient (Wildman–Crippen LogP) is 4.07. The van der Waals surface area contributed by atoms with Crippen molar-refractivity contribution in [2.24, 2.45) is 0 Å². The van der Waals surface area contributed by atoms with E-state index in [0.29, 0.717) is 11.6 Å². The second-order valence-corrected chi connectivity index (χ2v) is 3.93. The van der Waals surface area contributed by atoms with Crippen LogP contribution in [0.1, 0.15) is 15.9 Å². The molecule has 0 unspecified atom stereocenters. The number of halogens is 3. The highest BCUT2D eigenvalue weighted by Gasteiger charge is 2.31. The second-order valence-electron chi connectivity index (χ2n) is 3.93. The van der Waals surface area contributed by atoms with Crippen LogP contribution in [-0.2, 0) is 6.18 Å². The van der Waals surface area contributed by atoms with E-state index in [2.05, 4.69) is 0 Å². The summed E-state index contributed by atoms with van der Waals surface area (Å²) >= 11 is 0. The first-order valence-electron chi connectivity index (χ1n) is 5.39. The Morgan fingerprint density at radius 3 is 2.16 bits per heavy atom. The van der Waals surface area contributed by atoms with E-state index in [1.807, 2.05) is 0 Å². The molecular weight excluding hydrogens is 257 g/mol. The molecule has 0 saturated carbocycles. The lowest BCUT2D eigenvalue weighted by Gasteiger charge is -2.11. The lowest BCUT2D eigenvalue weighted by atomic mass is 9.97. The van der Waals surface area contributed by atoms with Crippen LogP contribution in [0.25, 0.3) is 11.1 Å². The van der Waals surface area contributed by atoms with Crippen molar-refractivity contribution in [1.29, 1.82) is 0 Å². The van der Waals surface area contributed by atoms with Crippen LogP contribution >= 0.6 is 0 Å². The number of hydrogen-bond acceptors (Lipinski definition) is 1. The third-order valence-electron chi connectivity index (χ3n) is 2.66. The van der Waals surface area contributed by atoms with E-state index in [1.165, 1.54) is 6.07 Å². The van der Waals surface area contributed by atoms with E-state index in [9.17, 15) is 18.0 Å². The van der Waals surface area contributed by atoms with Crippen LogP contribution in [0.15, 0.2) is 48.5 Å². The van der Waals surface area contributed by atoms with Gasteiger partial charge in [-0.1, -0.05) is 36.4 Å². The fourth-order valence-electron chi connectivity index (χ4n) is 1.77. The molecule has 0 saturated heterocycles. The summed E-state index contributed by atoms with van der Waals surface area (Å²) in [4.78, 5) is 11.1. The molecular formula is C14H9F3O2. The van der Waals surface area contributed by atoms with Crippen LogP contribution in [0.4, 0.5) is 13.2 Å². The topological polar surface area (TPSA) is 37.3 Å². The fourth-order valence-corrected chi connectivity index (χ4v) is 1.77. The summed E-state index contributed by atoms with van der Waals surface area (Å²) in [6, 6.07) is 11.1. The number of benzene rings is 2. The molecule has 98 valence electrons. The minimum absolute atomic E-state index is 0.265. The van der Waals surface area contributed by atoms with Gasteiger partial charge in [-0.05, 0) is 23.3 Å². The summed E-state index contributed by atoms with van der Waals surface area (Å²) in [6.45, 7) is 0. The van der Waals surface area contributed by atoms with Crippen molar-refractivity contribution in [3.63, 3.8) is 0 Å². The van der Waals surface area contributed by atoms with Gasteiger partial charge in [0.2, 0.25) is 0 Å². The Labute approximate surface area is 107 Å². The third-order valence-corrected chi connectivity index (χ3v) is 2.66. The number of rotatable bonds is 2. The summed E-state index contributed by atoms with van der Waals surface area (Å²) in [5.41, 5.74) is -0.500. The SMILES string of the molecule is O=C(O)c1cc(C(F)(F)F)ccc1-c1ccccc1. The molecule has 2 aromatic rings. The Bertz CT molecular complexity index is 604. The predicted molar refractivity (Wildman–Crippen MR) is 63.8 cm³/mol. The van der Waals surface area contributed by atoms with Gasteiger partial charge in [-0.15, -0.1) is 0 Å². The highest BCUT2D eigenvalue weighted by molar-refractivity contribution is 5.96. The monoisotopic (exact) mass is 266 g/mol. The first-order chi connectivity index (χ1) is 8.89. The summed E-state index contributed by atoms with van der Waals surface area (Å²) < 4.78 is 37.7. The lowest BCUT2D eigenvalue weighted by Crippen LogP contribution is -2.08. The number of carbonyl (C=O) groups is 1. The number of carboxylic acid groups (broad SMARTS) is 1. The molecule has 0 spiro atoms. The average Bonchev–Trinajstić information content (AvgIpc) is 2.38. The smallest absolute Gasteiger partial charge is 0.416 e. The van der Waals surface area contributed by atoms with E-state index in [0.717, 1.165) is 6.07 Å². The molecule has 2 nitrogen and oxygen atoms in total. The minimum Gasteiger partial charge on any atom is -0.478 e. The van der Waals surface area contributed by atoms with Crippen molar-refractivity contribution in [3.05, 3.63) is 59.7 Å². The Morgan fingerprint density at radius 2 is 1.63 bits per heavy atom. The molecule has 0 radical (unpaired) electrons. The van der Waals surface area contributed by atoms with Crippen LogP contribution in [0.3, 0.4) is 0 Å². The maximum absolute atomic E-state index is 12.6. The second kappa shape index (κ2) is 4.76. The van der Waals surface area contributed by atoms with Crippen molar-refractivity contribution in [2.45, 2.75) is 6.18 Å². The Balaban J connectivity index is 2.61. The van der Waals surface area contributed by atoms with Crippen LogP contribution in [0, 0.1) is 0 Å². The van der Waals surface area contributed by atoms with Gasteiger partial charge in [0.15, 0.2) is 0 Å². The zero-order chi connectivity index (χ0) is 14.0. The van der Waals surface area contributed by atoms with Crippen molar-refractivity contribution >= 4 is 5.97 Å². The molecule has 0 bridgehead atoms. The molecule has 0 amide bonds. The number of carboxylic acids is 1. The maximum Gasteiger partial charge on any atom is 0.416 e. The lowest BCUT2D eigenvalue weighted by molar-refractivity contribution is -0.137. The molecule has 0 aliphatic carbocycles. The number of hydrogen-bond donors (Lipinski definition) is 1. The summed E-state index contributed by atoms with van der Waals surface area (Å²) in [6.07, 6.45) is -4.56. The zero-order valence-electron chi connectivity index (χ0n) is 9.61. The minimum atomic E-state index is -4.56. The van der Waals surface area contributed by atoms with Crippen LogP contribution in [0.5, 0.6) is 0 Å². The quantitative estimate of drug-likeness (QED) is 0.889. The Kier molecular flexibility index (Phi) is 3.29. The average molecular weight is 266 g/mol. The van der Waals surface area contributed by atoms with E-state index < -0.39 is 17.7 Å². The van der Waals surface area contributed by atoms with Gasteiger partial charge < -0.3 is 5.11 Å². The first kappa shape index (κ1) is 13.1. The van der Waals surface area contributed by atoms with Crippen molar-refractivity contribution < 1.29 is 23.1 Å². The summed E-state index contributed by atoms with van der Waals surface area (Å²) in [5.74, 6) is -1.38. The standard InChI is InChI=1S/C14H9F3O2/c15-14(16,17)10-6-7-11(12(8-10)13(18)19)9-4-2-1-3-5-9/h1-8H,(H,18,19). The summed E-state index contributed by atoms with van der Waals surface area (Å²) in [7, 11) is 0. The van der Waals surface area contributed by atoms with Crippen LogP contribution in [0.2, 0.25) is 0 Å². The van der Waals surface area contributed by atoms with Gasteiger partial charge in [0.1, 0.15) is 0 Å². The Hall–Kier alpha value is -2.30. The van der Waals surface area contributed by atoms with Gasteiger partial charge in [-0.25, -0.2) is 4.79 Å². The van der Waals surface area contributed by atoms with Crippen LogP contribution in [-0.4, -0.2) is 11.1 Å². The van der Waals surface area contributed by atoms with Crippen molar-refractivity contribution in [1.82, 2.24) is 0 Å². The van der Waals surface area contributed by atoms with E-state index in [1.54, 1.807) is 30.3 Å². The highest BCUT2D eigenvalue weighted by Crippen LogP contribution is 2.33. The normalized spacial score (nSPS) is 11.3. The van der Waals surface area contributed by atoms with Gasteiger partial charge in [0.25, 0.3) is 0 Å². The van der Waals surface area contributed by atoms with Crippen molar-refractivity contribution in [2.75, 3.05) is 0 Å². The van der Waals surface area contributed by atoms with Gasteiger partial charge in [-0.2, -0.15) is 13.2 Å². The van der Waals surface area contributed by atoms with Gasteiger partial charge in [-0.3, -0.25) is 0 Å². The fraction of sp³-hybridized carbons (Fsp3) is 0.0714.